The highest BCUT2D eigenvalue weighted by Gasteiger charge is 2.20. The zero-order valence-electron chi connectivity index (χ0n) is 19.1. The van der Waals surface area contributed by atoms with Crippen LogP contribution in [0.1, 0.15) is 54.9 Å². The largest absolute Gasteiger partial charge is 0.383 e. The van der Waals surface area contributed by atoms with Crippen LogP contribution >= 0.6 is 0 Å². The first-order valence-corrected chi connectivity index (χ1v) is 11.7. The van der Waals surface area contributed by atoms with Crippen molar-refractivity contribution in [3.63, 3.8) is 0 Å². The second-order valence-corrected chi connectivity index (χ2v) is 8.88. The first kappa shape index (κ1) is 22.3. The van der Waals surface area contributed by atoms with Crippen LogP contribution in [0, 0.1) is 0 Å². The predicted octanol–water partition coefficient (Wildman–Crippen LogP) is 3.77. The maximum atomic E-state index is 12.9. The third kappa shape index (κ3) is 4.78. The number of pyridine rings is 1. The molecule has 3 N–H and O–H groups in total. The molecular weight excluding hydrogens is 402 g/mol. The number of hydrogen-bond acceptors (Lipinski definition) is 5. The van der Waals surface area contributed by atoms with Gasteiger partial charge in [0.25, 0.3) is 0 Å². The average molecular weight is 436 g/mol. The predicted molar refractivity (Wildman–Crippen MR) is 129 cm³/mol. The third-order valence-corrected chi connectivity index (χ3v) is 6.49. The van der Waals surface area contributed by atoms with Crippen LogP contribution < -0.4 is 5.73 Å². The van der Waals surface area contributed by atoms with Gasteiger partial charge in [0.05, 0.1) is 0 Å². The number of likely N-dealkylation sites (N-methyl/N-ethyl adjacent to an activating group) is 1. The van der Waals surface area contributed by atoms with Gasteiger partial charge in [0.1, 0.15) is 11.5 Å². The number of aromatic amines is 1. The lowest BCUT2D eigenvalue weighted by atomic mass is 10.0. The number of anilines is 1. The van der Waals surface area contributed by atoms with Crippen molar-refractivity contribution in [3.8, 4) is 0 Å². The van der Waals surface area contributed by atoms with Gasteiger partial charge in [-0.1, -0.05) is 19.8 Å². The molecule has 0 atom stereocenters. The molecule has 0 aliphatic carbocycles. The van der Waals surface area contributed by atoms with Crippen molar-refractivity contribution >= 4 is 39.4 Å². The minimum absolute atomic E-state index is 0.00435. The Labute approximate surface area is 189 Å². The zero-order valence-corrected chi connectivity index (χ0v) is 19.1. The molecule has 1 aliphatic heterocycles. The number of rotatable bonds is 8. The van der Waals surface area contributed by atoms with Crippen molar-refractivity contribution < 1.29 is 9.59 Å². The summed E-state index contributed by atoms with van der Waals surface area (Å²) in [5.74, 6) is 0.630. The number of amides is 1. The van der Waals surface area contributed by atoms with Crippen LogP contribution in [0.2, 0.25) is 0 Å². The van der Waals surface area contributed by atoms with E-state index in [4.69, 9.17) is 5.73 Å². The van der Waals surface area contributed by atoms with Crippen LogP contribution in [-0.2, 0) is 11.2 Å². The van der Waals surface area contributed by atoms with E-state index >= 15 is 0 Å². The summed E-state index contributed by atoms with van der Waals surface area (Å²) in [6, 6.07) is 7.77. The van der Waals surface area contributed by atoms with E-state index in [1.807, 2.05) is 23.1 Å². The number of nitrogens with one attached hydrogen (secondary N) is 1. The van der Waals surface area contributed by atoms with Crippen molar-refractivity contribution in [2.45, 2.75) is 45.4 Å². The number of fused-ring (bicyclic) bond motifs is 3. The standard InChI is InChI=1S/C25H33N5O2/c1-3-4-5-6-18-16-20-19-15-17(7-8-21(19)27-25(20)28-24(18)26)22(31)9-10-23(32)30-13-11-29(2)12-14-30/h7-8,15-16H,3-6,9-14H2,1-2H3,(H3,26,27,28). The highest BCUT2D eigenvalue weighted by atomic mass is 16.2. The Morgan fingerprint density at radius 3 is 2.59 bits per heavy atom. The molecule has 1 aliphatic rings. The van der Waals surface area contributed by atoms with E-state index in [0.717, 1.165) is 79.4 Å². The maximum Gasteiger partial charge on any atom is 0.223 e. The van der Waals surface area contributed by atoms with Crippen LogP contribution in [0.3, 0.4) is 0 Å². The van der Waals surface area contributed by atoms with Crippen molar-refractivity contribution in [3.05, 3.63) is 35.4 Å². The first-order chi connectivity index (χ1) is 15.5. The van der Waals surface area contributed by atoms with Gasteiger partial charge in [-0.3, -0.25) is 9.59 Å². The van der Waals surface area contributed by atoms with Crippen LogP contribution in [0.4, 0.5) is 5.82 Å². The number of ketones is 1. The van der Waals surface area contributed by atoms with Crippen molar-refractivity contribution in [2.75, 3.05) is 39.0 Å². The molecule has 4 rings (SSSR count). The number of Topliss-reactive ketones (excluding diaryl/α,β-unsaturated/α-hetero) is 1. The summed E-state index contributed by atoms with van der Waals surface area (Å²) in [5, 5.41) is 1.96. The Morgan fingerprint density at radius 1 is 1.06 bits per heavy atom. The van der Waals surface area contributed by atoms with E-state index in [1.165, 1.54) is 0 Å². The number of aryl methyl sites for hydroxylation is 1. The average Bonchev–Trinajstić information content (AvgIpc) is 3.14. The summed E-state index contributed by atoms with van der Waals surface area (Å²) in [7, 11) is 2.06. The molecule has 0 radical (unpaired) electrons. The van der Waals surface area contributed by atoms with Gasteiger partial charge in [0.15, 0.2) is 5.78 Å². The van der Waals surface area contributed by atoms with E-state index in [9.17, 15) is 9.59 Å². The Kier molecular flexibility index (Phi) is 6.74. The number of aromatic nitrogens is 2. The van der Waals surface area contributed by atoms with Crippen LogP contribution in [0.5, 0.6) is 0 Å². The molecule has 0 bridgehead atoms. The quantitative estimate of drug-likeness (QED) is 0.415. The summed E-state index contributed by atoms with van der Waals surface area (Å²) < 4.78 is 0. The molecule has 1 amide bonds. The second-order valence-electron chi connectivity index (χ2n) is 8.88. The first-order valence-electron chi connectivity index (χ1n) is 11.7. The lowest BCUT2D eigenvalue weighted by molar-refractivity contribution is -0.132. The van der Waals surface area contributed by atoms with Crippen LogP contribution in [-0.4, -0.2) is 64.7 Å². The van der Waals surface area contributed by atoms with Crippen molar-refractivity contribution in [2.24, 2.45) is 0 Å². The topological polar surface area (TPSA) is 95.3 Å². The molecule has 3 heterocycles. The summed E-state index contributed by atoms with van der Waals surface area (Å²) in [6.07, 6.45) is 4.80. The number of nitrogen functional groups attached to an aromatic ring is 1. The molecule has 1 aromatic carbocycles. The number of nitrogens with zero attached hydrogens (tertiary/aromatic N) is 3. The van der Waals surface area contributed by atoms with Gasteiger partial charge in [0, 0.05) is 60.9 Å². The minimum Gasteiger partial charge on any atom is -0.383 e. The minimum atomic E-state index is -0.00435. The third-order valence-electron chi connectivity index (χ3n) is 6.49. The van der Waals surface area contributed by atoms with E-state index in [-0.39, 0.29) is 24.5 Å². The van der Waals surface area contributed by atoms with Gasteiger partial charge >= 0.3 is 0 Å². The molecule has 0 spiro atoms. The zero-order chi connectivity index (χ0) is 22.7. The van der Waals surface area contributed by atoms with Crippen molar-refractivity contribution in [1.82, 2.24) is 19.8 Å². The number of nitrogens with two attached hydrogens (primary N) is 1. The van der Waals surface area contributed by atoms with Crippen LogP contribution in [0.25, 0.3) is 21.9 Å². The second kappa shape index (κ2) is 9.69. The Hall–Kier alpha value is -2.93. The number of hydrogen-bond donors (Lipinski definition) is 2. The Balaban J connectivity index is 1.50. The van der Waals surface area contributed by atoms with Gasteiger partial charge in [-0.05, 0) is 49.7 Å². The molecule has 2 aromatic heterocycles. The lowest BCUT2D eigenvalue weighted by Gasteiger charge is -2.32. The number of piperazine rings is 1. The summed E-state index contributed by atoms with van der Waals surface area (Å²) in [5.41, 5.74) is 9.55. The number of unbranched alkanes of at least 4 members (excludes halogenated alkanes) is 2. The lowest BCUT2D eigenvalue weighted by Crippen LogP contribution is -2.47. The van der Waals surface area contributed by atoms with E-state index in [0.29, 0.717) is 11.4 Å². The Bertz CT molecular complexity index is 1130. The number of benzene rings is 1. The summed E-state index contributed by atoms with van der Waals surface area (Å²) in [6.45, 7) is 5.43. The van der Waals surface area contributed by atoms with Gasteiger partial charge in [-0.15, -0.1) is 0 Å². The molecule has 32 heavy (non-hydrogen) atoms. The van der Waals surface area contributed by atoms with E-state index in [2.05, 4.69) is 34.9 Å². The van der Waals surface area contributed by atoms with Gasteiger partial charge < -0.3 is 20.5 Å². The fourth-order valence-electron chi connectivity index (χ4n) is 4.39. The fraction of sp³-hybridized carbons (Fsp3) is 0.480. The number of carbonyl (C=O) groups is 2. The van der Waals surface area contributed by atoms with Crippen LogP contribution in [0.15, 0.2) is 24.3 Å². The monoisotopic (exact) mass is 435 g/mol. The van der Waals surface area contributed by atoms with Gasteiger partial charge in [-0.25, -0.2) is 4.98 Å². The molecule has 0 unspecified atom stereocenters. The normalized spacial score (nSPS) is 15.0. The highest BCUT2D eigenvalue weighted by Crippen LogP contribution is 2.29. The smallest absolute Gasteiger partial charge is 0.223 e. The van der Waals surface area contributed by atoms with Gasteiger partial charge in [0.2, 0.25) is 5.91 Å². The molecule has 3 aromatic rings. The van der Waals surface area contributed by atoms with Crippen molar-refractivity contribution in [1.29, 1.82) is 0 Å². The van der Waals surface area contributed by atoms with E-state index < -0.39 is 0 Å². The molecule has 1 fully saturated rings. The summed E-state index contributed by atoms with van der Waals surface area (Å²) in [4.78, 5) is 37.3. The number of carbonyl (C=O) groups excluding carboxylic acids is 2. The molecule has 7 nitrogen and oxygen atoms in total. The van der Waals surface area contributed by atoms with Gasteiger partial charge in [-0.2, -0.15) is 0 Å². The SMILES string of the molecule is CCCCCc1cc2c(nc1N)[nH]c1ccc(C(=O)CCC(=O)N3CCN(C)CC3)cc12. The summed E-state index contributed by atoms with van der Waals surface area (Å²) >= 11 is 0. The number of H-pyrrole nitrogens is 1. The Morgan fingerprint density at radius 2 is 1.84 bits per heavy atom. The fourth-order valence-corrected chi connectivity index (χ4v) is 4.39. The highest BCUT2D eigenvalue weighted by molar-refractivity contribution is 6.10. The van der Waals surface area contributed by atoms with E-state index in [1.54, 1.807) is 0 Å². The molecular formula is C25H33N5O2. The molecule has 0 saturated carbocycles. The maximum absolute atomic E-state index is 12.9. The molecule has 170 valence electrons. The molecule has 1 saturated heterocycles. The molecule has 7 heteroatoms.